The van der Waals surface area contributed by atoms with Crippen LogP contribution in [0.2, 0.25) is 0 Å². The van der Waals surface area contributed by atoms with Gasteiger partial charge >= 0.3 is 12.2 Å². The van der Waals surface area contributed by atoms with E-state index in [1.54, 1.807) is 11.8 Å². The van der Waals surface area contributed by atoms with Gasteiger partial charge in [0, 0.05) is 18.8 Å². The summed E-state index contributed by atoms with van der Waals surface area (Å²) in [4.78, 5) is 13.7. The van der Waals surface area contributed by atoms with E-state index in [0.717, 1.165) is 25.0 Å². The zero-order chi connectivity index (χ0) is 16.3. The Morgan fingerprint density at radius 2 is 1.82 bits per heavy atom. The molecule has 1 unspecified atom stereocenters. The van der Waals surface area contributed by atoms with Crippen LogP contribution in [0, 0.1) is 5.92 Å². The van der Waals surface area contributed by atoms with Crippen molar-refractivity contribution in [1.29, 1.82) is 0 Å². The molecule has 0 aromatic heterocycles. The second-order valence-electron chi connectivity index (χ2n) is 5.57. The number of carbonyl (C=O) groups excluding carboxylic acids is 1. The molecule has 4 nitrogen and oxygen atoms in total. The number of hydrogen-bond acceptors (Lipinski definition) is 2. The molecule has 0 bridgehead atoms. The van der Waals surface area contributed by atoms with Crippen molar-refractivity contribution >= 4 is 11.7 Å². The molecule has 2 amide bonds. The molecule has 1 aromatic carbocycles. The van der Waals surface area contributed by atoms with Gasteiger partial charge in [0.2, 0.25) is 0 Å². The molecule has 0 radical (unpaired) electrons. The largest absolute Gasteiger partial charge is 0.416 e. The van der Waals surface area contributed by atoms with E-state index in [4.69, 9.17) is 0 Å². The topological polar surface area (TPSA) is 52.6 Å². The first-order chi connectivity index (χ1) is 10.3. The van der Waals surface area contributed by atoms with E-state index in [1.807, 2.05) is 0 Å². The predicted molar refractivity (Wildman–Crippen MR) is 76.4 cm³/mol. The second kappa shape index (κ2) is 6.56. The van der Waals surface area contributed by atoms with Crippen LogP contribution in [0.4, 0.5) is 23.7 Å². The average molecular weight is 316 g/mol. The van der Waals surface area contributed by atoms with Gasteiger partial charge in [-0.3, -0.25) is 0 Å². The molecule has 0 aliphatic carbocycles. The van der Waals surface area contributed by atoms with Crippen molar-refractivity contribution in [2.75, 3.05) is 18.4 Å². The van der Waals surface area contributed by atoms with E-state index in [0.29, 0.717) is 18.8 Å². The normalized spacial score (nSPS) is 18.1. The molecule has 2 N–H and O–H groups in total. The van der Waals surface area contributed by atoms with E-state index in [-0.39, 0.29) is 18.1 Å². The molecule has 0 saturated carbocycles. The van der Waals surface area contributed by atoms with Gasteiger partial charge < -0.3 is 15.3 Å². The summed E-state index contributed by atoms with van der Waals surface area (Å²) < 4.78 is 37.4. The van der Waals surface area contributed by atoms with Crippen LogP contribution in [0.3, 0.4) is 0 Å². The van der Waals surface area contributed by atoms with Gasteiger partial charge in [0.25, 0.3) is 0 Å². The van der Waals surface area contributed by atoms with E-state index in [9.17, 15) is 23.1 Å². The fourth-order valence-electron chi connectivity index (χ4n) is 2.53. The zero-order valence-electron chi connectivity index (χ0n) is 12.2. The smallest absolute Gasteiger partial charge is 0.393 e. The zero-order valence-corrected chi connectivity index (χ0v) is 12.2. The van der Waals surface area contributed by atoms with E-state index < -0.39 is 11.7 Å². The number of alkyl halides is 3. The maximum atomic E-state index is 12.5. The fourth-order valence-corrected chi connectivity index (χ4v) is 2.53. The summed E-state index contributed by atoms with van der Waals surface area (Å²) in [6.07, 6.45) is -3.33. The SMILES string of the molecule is CC(O)C1CCN(C(=O)Nc2ccc(C(F)(F)F)cc2)CC1. The van der Waals surface area contributed by atoms with Crippen LogP contribution in [-0.4, -0.2) is 35.2 Å². The fraction of sp³-hybridized carbons (Fsp3) is 0.533. The number of aliphatic hydroxyl groups excluding tert-OH is 1. The van der Waals surface area contributed by atoms with Crippen molar-refractivity contribution < 1.29 is 23.1 Å². The number of benzene rings is 1. The minimum absolute atomic E-state index is 0.190. The van der Waals surface area contributed by atoms with Crippen LogP contribution in [0.5, 0.6) is 0 Å². The van der Waals surface area contributed by atoms with Gasteiger partial charge in [-0.25, -0.2) is 4.79 Å². The lowest BCUT2D eigenvalue weighted by molar-refractivity contribution is -0.137. The highest BCUT2D eigenvalue weighted by Gasteiger charge is 2.30. The summed E-state index contributed by atoms with van der Waals surface area (Å²) in [6.45, 7) is 2.80. The molecule has 1 saturated heterocycles. The summed E-state index contributed by atoms with van der Waals surface area (Å²) in [7, 11) is 0. The molecule has 7 heteroatoms. The Balaban J connectivity index is 1.90. The Kier molecular flexibility index (Phi) is 4.95. The third-order valence-corrected chi connectivity index (χ3v) is 3.97. The standard InChI is InChI=1S/C15H19F3N2O2/c1-10(21)11-6-8-20(9-7-11)14(22)19-13-4-2-12(3-5-13)15(16,17)18/h2-5,10-11,21H,6-9H2,1H3,(H,19,22). The minimum atomic E-state index is -4.38. The highest BCUT2D eigenvalue weighted by Crippen LogP contribution is 2.30. The van der Waals surface area contributed by atoms with E-state index >= 15 is 0 Å². The first-order valence-corrected chi connectivity index (χ1v) is 7.18. The number of piperidine rings is 1. The van der Waals surface area contributed by atoms with E-state index in [1.165, 1.54) is 12.1 Å². The van der Waals surface area contributed by atoms with Gasteiger partial charge in [0.05, 0.1) is 11.7 Å². The van der Waals surface area contributed by atoms with Crippen LogP contribution >= 0.6 is 0 Å². The number of nitrogens with one attached hydrogen (secondary N) is 1. The maximum absolute atomic E-state index is 12.5. The van der Waals surface area contributed by atoms with Crippen molar-refractivity contribution in [3.63, 3.8) is 0 Å². The molecule has 122 valence electrons. The van der Waals surface area contributed by atoms with Crippen LogP contribution < -0.4 is 5.32 Å². The number of hydrogen-bond donors (Lipinski definition) is 2. The molecule has 1 aliphatic heterocycles. The minimum Gasteiger partial charge on any atom is -0.393 e. The molecule has 1 aromatic rings. The average Bonchev–Trinajstić information content (AvgIpc) is 2.47. The maximum Gasteiger partial charge on any atom is 0.416 e. The first kappa shape index (κ1) is 16.6. The molecule has 1 atom stereocenters. The van der Waals surface area contributed by atoms with Crippen molar-refractivity contribution in [3.8, 4) is 0 Å². The number of carbonyl (C=O) groups is 1. The number of nitrogens with zero attached hydrogens (tertiary/aromatic N) is 1. The Hall–Kier alpha value is -1.76. The molecule has 1 fully saturated rings. The summed E-state index contributed by atoms with van der Waals surface area (Å²) in [5.41, 5.74) is -0.418. The molecule has 22 heavy (non-hydrogen) atoms. The van der Waals surface area contributed by atoms with Crippen molar-refractivity contribution in [2.24, 2.45) is 5.92 Å². The Morgan fingerprint density at radius 1 is 1.27 bits per heavy atom. The third-order valence-electron chi connectivity index (χ3n) is 3.97. The Bertz CT molecular complexity index is 507. The van der Waals surface area contributed by atoms with Crippen molar-refractivity contribution in [2.45, 2.75) is 32.0 Å². The van der Waals surface area contributed by atoms with Gasteiger partial charge in [-0.05, 0) is 49.9 Å². The summed E-state index contributed by atoms with van der Waals surface area (Å²) in [6, 6.07) is 4.03. The van der Waals surface area contributed by atoms with Crippen LogP contribution in [-0.2, 0) is 6.18 Å². The molecule has 2 rings (SSSR count). The number of likely N-dealkylation sites (tertiary alicyclic amines) is 1. The number of aliphatic hydroxyl groups is 1. The number of halogens is 3. The van der Waals surface area contributed by atoms with E-state index in [2.05, 4.69) is 5.32 Å². The molecular weight excluding hydrogens is 297 g/mol. The summed E-state index contributed by atoms with van der Waals surface area (Å²) in [5, 5.41) is 12.1. The Morgan fingerprint density at radius 3 is 2.27 bits per heavy atom. The number of urea groups is 1. The highest BCUT2D eigenvalue weighted by atomic mass is 19.4. The van der Waals surface area contributed by atoms with Crippen molar-refractivity contribution in [3.05, 3.63) is 29.8 Å². The number of anilines is 1. The lowest BCUT2D eigenvalue weighted by atomic mass is 9.92. The van der Waals surface area contributed by atoms with Gasteiger partial charge in [0.1, 0.15) is 0 Å². The third kappa shape index (κ3) is 4.13. The van der Waals surface area contributed by atoms with Gasteiger partial charge in [0.15, 0.2) is 0 Å². The first-order valence-electron chi connectivity index (χ1n) is 7.18. The van der Waals surface area contributed by atoms with Crippen molar-refractivity contribution in [1.82, 2.24) is 4.90 Å². The summed E-state index contributed by atoms with van der Waals surface area (Å²) in [5.74, 6) is 0.190. The van der Waals surface area contributed by atoms with Gasteiger partial charge in [-0.15, -0.1) is 0 Å². The molecule has 1 heterocycles. The quantitative estimate of drug-likeness (QED) is 0.879. The van der Waals surface area contributed by atoms with Crippen LogP contribution in [0.1, 0.15) is 25.3 Å². The Labute approximate surface area is 126 Å². The van der Waals surface area contributed by atoms with Gasteiger partial charge in [-0.1, -0.05) is 0 Å². The lowest BCUT2D eigenvalue weighted by Crippen LogP contribution is -2.42. The monoisotopic (exact) mass is 316 g/mol. The van der Waals surface area contributed by atoms with Gasteiger partial charge in [-0.2, -0.15) is 13.2 Å². The predicted octanol–water partition coefficient (Wildman–Crippen LogP) is 3.33. The molecule has 0 spiro atoms. The number of amides is 2. The van der Waals surface area contributed by atoms with Crippen LogP contribution in [0.25, 0.3) is 0 Å². The van der Waals surface area contributed by atoms with Crippen LogP contribution in [0.15, 0.2) is 24.3 Å². The lowest BCUT2D eigenvalue weighted by Gasteiger charge is -2.33. The highest BCUT2D eigenvalue weighted by molar-refractivity contribution is 5.89. The molecule has 1 aliphatic rings. The molecular formula is C15H19F3N2O2. The number of rotatable bonds is 2. The second-order valence-corrected chi connectivity index (χ2v) is 5.57. The summed E-state index contributed by atoms with van der Waals surface area (Å²) >= 11 is 0.